The molecule has 101 heavy (non-hydrogen) atoms. The summed E-state index contributed by atoms with van der Waals surface area (Å²) in [7, 11) is -9.09. The number of hydrogen-bond acceptors (Lipinski definition) is 6. The van der Waals surface area contributed by atoms with Crippen molar-refractivity contribution in [1.29, 1.82) is 0 Å². The van der Waals surface area contributed by atoms with E-state index in [9.17, 15) is 25.9 Å². The Labute approximate surface area is 667 Å². The van der Waals surface area contributed by atoms with E-state index in [0.717, 1.165) is 110 Å². The number of rotatable bonds is 70. The van der Waals surface area contributed by atoms with Crippen LogP contribution in [0, 0.1) is 0 Å². The van der Waals surface area contributed by atoms with Gasteiger partial charge in [0, 0.05) is 10.8 Å². The fraction of sp³-hybridized carbons (Fsp3) is 0.783. The van der Waals surface area contributed by atoms with Crippen LogP contribution in [0.25, 0.3) is 21.5 Å². The first-order valence-electron chi connectivity index (χ1n) is 43.9. The average molecular weight is 1560 g/mol. The molecular formula is C92H158BaO6S2. The predicted molar refractivity (Wildman–Crippen MR) is 443 cm³/mol. The summed E-state index contributed by atoms with van der Waals surface area (Å²) in [6, 6.07) is 19.7. The Morgan fingerprint density at radius 1 is 0.228 bits per heavy atom. The van der Waals surface area contributed by atoms with Gasteiger partial charge in [-0.05, 0) is 96.5 Å². The summed E-state index contributed by atoms with van der Waals surface area (Å²) < 4.78 is 74.7. The van der Waals surface area contributed by atoms with Gasteiger partial charge in [0.1, 0.15) is 20.2 Å². The Morgan fingerprint density at radius 3 is 0.574 bits per heavy atom. The van der Waals surface area contributed by atoms with E-state index >= 15 is 0 Å². The third kappa shape index (κ3) is 50.9. The van der Waals surface area contributed by atoms with Gasteiger partial charge < -0.3 is 9.11 Å². The minimum Gasteiger partial charge on any atom is -0.744 e. The second kappa shape index (κ2) is 67.0. The normalized spacial score (nSPS) is 11.9. The Bertz CT molecular complexity index is 2570. The molecule has 0 spiro atoms. The van der Waals surface area contributed by atoms with Crippen LogP contribution in [0.15, 0.2) is 70.5 Å². The van der Waals surface area contributed by atoms with E-state index in [-0.39, 0.29) is 58.7 Å². The molecule has 9 heteroatoms. The van der Waals surface area contributed by atoms with Gasteiger partial charge in [-0.25, -0.2) is 16.8 Å². The van der Waals surface area contributed by atoms with Crippen LogP contribution < -0.4 is 0 Å². The molecule has 4 aromatic carbocycles. The molecule has 0 saturated carbocycles. The summed E-state index contributed by atoms with van der Waals surface area (Å²) in [6.45, 7) is 9.13. The monoisotopic (exact) mass is 1560 g/mol. The summed E-state index contributed by atoms with van der Waals surface area (Å²) in [6.07, 6.45) is 89.0. The molecule has 0 heterocycles. The van der Waals surface area contributed by atoms with Crippen LogP contribution in [0.1, 0.15) is 461 Å². The fourth-order valence-corrected chi connectivity index (χ4v) is 17.2. The van der Waals surface area contributed by atoms with Crippen LogP contribution >= 0.6 is 0 Å². The topological polar surface area (TPSA) is 114 Å². The molecule has 0 aliphatic carbocycles. The fourth-order valence-electron chi connectivity index (χ4n) is 15.6. The molecule has 0 bridgehead atoms. The maximum atomic E-state index is 12.4. The first-order valence-corrected chi connectivity index (χ1v) is 46.8. The minimum atomic E-state index is -4.55. The van der Waals surface area contributed by atoms with Gasteiger partial charge in [-0.3, -0.25) is 0 Å². The van der Waals surface area contributed by atoms with Gasteiger partial charge in [0.05, 0.1) is 9.79 Å². The number of unbranched alkanes of at least 4 members (excludes halogenated alkanes) is 60. The van der Waals surface area contributed by atoms with E-state index in [1.807, 2.05) is 36.4 Å². The van der Waals surface area contributed by atoms with Crippen molar-refractivity contribution in [3.63, 3.8) is 0 Å². The van der Waals surface area contributed by atoms with Crippen molar-refractivity contribution >= 4 is 90.7 Å². The Kier molecular flexibility index (Phi) is 63.5. The van der Waals surface area contributed by atoms with E-state index < -0.39 is 20.2 Å². The SMILES string of the molecule is CCCCCCCCCCCCCCCCCCc1cc(S(=O)(=O)[O-])c2c(CCCCCCCCCCCCCCCCCC)cccc2c1.CCCCCCCCCCCCCCCCCCc1cc(S(=O)(=O)[O-])c2c(CCCCCCCCCCCCCCCCCC)cccc2c1.[Ba+2]. The second-order valence-electron chi connectivity index (χ2n) is 31.3. The van der Waals surface area contributed by atoms with E-state index in [1.165, 1.54) is 360 Å². The Balaban J connectivity index is 0.000000680. The Hall–Kier alpha value is -1.21. The molecule has 0 radical (unpaired) electrons. The molecule has 4 rings (SSSR count). The van der Waals surface area contributed by atoms with E-state index in [2.05, 4.69) is 39.8 Å². The van der Waals surface area contributed by atoms with Gasteiger partial charge in [-0.2, -0.15) is 0 Å². The van der Waals surface area contributed by atoms with E-state index in [4.69, 9.17) is 0 Å². The van der Waals surface area contributed by atoms with Crippen molar-refractivity contribution in [1.82, 2.24) is 0 Å². The van der Waals surface area contributed by atoms with Crippen LogP contribution in [0.4, 0.5) is 0 Å². The zero-order valence-electron chi connectivity index (χ0n) is 66.8. The van der Waals surface area contributed by atoms with Crippen molar-refractivity contribution in [2.45, 2.75) is 474 Å². The molecule has 576 valence electrons. The van der Waals surface area contributed by atoms with Crippen LogP contribution in [0.2, 0.25) is 0 Å². The van der Waals surface area contributed by atoms with Gasteiger partial charge in [0.15, 0.2) is 0 Å². The molecule has 0 unspecified atom stereocenters. The first kappa shape index (κ1) is 95.9. The Morgan fingerprint density at radius 2 is 0.396 bits per heavy atom. The van der Waals surface area contributed by atoms with Gasteiger partial charge in [0.25, 0.3) is 0 Å². The summed E-state index contributed by atoms with van der Waals surface area (Å²) in [5.41, 5.74) is 3.99. The van der Waals surface area contributed by atoms with E-state index in [0.29, 0.717) is 10.8 Å². The number of benzene rings is 4. The van der Waals surface area contributed by atoms with Crippen LogP contribution in [-0.4, -0.2) is 74.8 Å². The van der Waals surface area contributed by atoms with Crippen molar-refractivity contribution < 1.29 is 25.9 Å². The maximum Gasteiger partial charge on any atom is 2.00 e. The molecule has 0 N–H and O–H groups in total. The van der Waals surface area contributed by atoms with Crippen molar-refractivity contribution in [3.8, 4) is 0 Å². The van der Waals surface area contributed by atoms with Crippen LogP contribution in [-0.2, 0) is 45.9 Å². The summed E-state index contributed by atoms with van der Waals surface area (Å²) in [5.74, 6) is 0. The standard InChI is InChI=1S/2C46H80O3S.Ba/c2*1-3-5-7-9-11-13-15-17-19-21-23-25-27-29-31-33-36-42-40-44-39-35-38-43(46(44)45(41-42)50(47,48)49)37-34-32-30-28-26-24-22-20-18-16-14-12-10-8-6-4-2;/h2*35,38-41H,3-34,36-37H2,1-2H3,(H,47,48,49);/q;;+2/p-2. The minimum absolute atomic E-state index is 0. The largest absolute Gasteiger partial charge is 2.00 e. The summed E-state index contributed by atoms with van der Waals surface area (Å²) in [4.78, 5) is -0.0119. The maximum absolute atomic E-state index is 12.4. The molecule has 0 aliphatic heterocycles. The molecular weight excluding hydrogens is 1400 g/mol. The van der Waals surface area contributed by atoms with E-state index in [1.54, 1.807) is 12.1 Å². The second-order valence-corrected chi connectivity index (χ2v) is 34.0. The summed E-state index contributed by atoms with van der Waals surface area (Å²) >= 11 is 0. The third-order valence-electron chi connectivity index (χ3n) is 21.9. The van der Waals surface area contributed by atoms with Crippen molar-refractivity contribution in [2.75, 3.05) is 0 Å². The number of aryl methyl sites for hydroxylation is 4. The zero-order valence-corrected chi connectivity index (χ0v) is 72.9. The quantitative estimate of drug-likeness (QED) is 0.0247. The molecule has 0 fully saturated rings. The van der Waals surface area contributed by atoms with Gasteiger partial charge >= 0.3 is 48.9 Å². The predicted octanol–water partition coefficient (Wildman–Crippen LogP) is 30.3. The molecule has 0 atom stereocenters. The van der Waals surface area contributed by atoms with Crippen molar-refractivity contribution in [2.24, 2.45) is 0 Å². The molecule has 0 saturated heterocycles. The van der Waals surface area contributed by atoms with Gasteiger partial charge in [-0.1, -0.05) is 461 Å². The summed E-state index contributed by atoms with van der Waals surface area (Å²) in [5, 5.41) is 3.14. The molecule has 0 aromatic heterocycles. The molecule has 0 amide bonds. The third-order valence-corrected chi connectivity index (χ3v) is 23.7. The number of hydrogen-bond donors (Lipinski definition) is 0. The van der Waals surface area contributed by atoms with Crippen LogP contribution in [0.5, 0.6) is 0 Å². The number of fused-ring (bicyclic) bond motifs is 2. The van der Waals surface area contributed by atoms with Gasteiger partial charge in [-0.15, -0.1) is 0 Å². The smallest absolute Gasteiger partial charge is 0.744 e. The van der Waals surface area contributed by atoms with Crippen molar-refractivity contribution in [3.05, 3.63) is 82.9 Å². The van der Waals surface area contributed by atoms with Crippen LogP contribution in [0.3, 0.4) is 0 Å². The van der Waals surface area contributed by atoms with Gasteiger partial charge in [0.2, 0.25) is 0 Å². The average Bonchev–Trinajstić information content (AvgIpc) is 0.782. The molecule has 6 nitrogen and oxygen atoms in total. The zero-order chi connectivity index (χ0) is 71.9. The molecule has 4 aromatic rings. The first-order chi connectivity index (χ1) is 48.9. The molecule has 0 aliphatic rings.